The van der Waals surface area contributed by atoms with Crippen molar-refractivity contribution in [2.24, 2.45) is 0 Å². The Morgan fingerprint density at radius 3 is 2.57 bits per heavy atom. The van der Waals surface area contributed by atoms with Gasteiger partial charge in [0.2, 0.25) is 0 Å². The van der Waals surface area contributed by atoms with Crippen molar-refractivity contribution in [1.82, 2.24) is 9.88 Å². The molecule has 0 spiro atoms. The van der Waals surface area contributed by atoms with Crippen molar-refractivity contribution < 1.29 is 4.79 Å². The minimum atomic E-state index is -0.0487. The van der Waals surface area contributed by atoms with Gasteiger partial charge in [-0.3, -0.25) is 4.79 Å². The van der Waals surface area contributed by atoms with Crippen molar-refractivity contribution in [3.8, 4) is 0 Å². The van der Waals surface area contributed by atoms with E-state index in [2.05, 4.69) is 4.98 Å². The lowest BCUT2D eigenvalue weighted by Crippen LogP contribution is -2.32. The Bertz CT molecular complexity index is 657. The molecule has 3 rings (SSSR count). The fourth-order valence-electron chi connectivity index (χ4n) is 2.24. The molecule has 5 heteroatoms. The van der Waals surface area contributed by atoms with Gasteiger partial charge in [0.05, 0.1) is 10.6 Å². The molecule has 0 saturated heterocycles. The number of hydrogen-bond acceptors (Lipinski definition) is 2. The van der Waals surface area contributed by atoms with Gasteiger partial charge in [0.15, 0.2) is 0 Å². The van der Waals surface area contributed by atoms with Crippen molar-refractivity contribution in [3.63, 3.8) is 0 Å². The molecule has 0 atom stereocenters. The first kappa shape index (κ1) is 14.4. The van der Waals surface area contributed by atoms with E-state index in [9.17, 15) is 4.79 Å². The van der Waals surface area contributed by atoms with Crippen molar-refractivity contribution in [1.29, 1.82) is 0 Å². The fourth-order valence-corrected chi connectivity index (χ4v) is 2.51. The molecule has 0 aliphatic heterocycles. The highest BCUT2D eigenvalue weighted by Crippen LogP contribution is 2.30. The standard InChI is InChI=1S/C16H14Cl2N2O/c17-14-8-12(9-19-15(14)18)16(21)20(13-6-7-13)10-11-4-2-1-3-5-11/h1-5,8-9,13H,6-7,10H2. The van der Waals surface area contributed by atoms with Gasteiger partial charge >= 0.3 is 0 Å². The number of rotatable bonds is 4. The van der Waals surface area contributed by atoms with Crippen molar-refractivity contribution in [2.45, 2.75) is 25.4 Å². The van der Waals surface area contributed by atoms with Crippen molar-refractivity contribution >= 4 is 29.1 Å². The van der Waals surface area contributed by atoms with E-state index < -0.39 is 0 Å². The SMILES string of the molecule is O=C(c1cnc(Cl)c(Cl)c1)N(Cc1ccccc1)C1CC1. The summed E-state index contributed by atoms with van der Waals surface area (Å²) < 4.78 is 0. The number of pyridine rings is 1. The molecule has 0 radical (unpaired) electrons. The smallest absolute Gasteiger partial charge is 0.256 e. The first-order chi connectivity index (χ1) is 10.1. The van der Waals surface area contributed by atoms with Gasteiger partial charge in [0, 0.05) is 18.8 Å². The van der Waals surface area contributed by atoms with Gasteiger partial charge in [-0.15, -0.1) is 0 Å². The number of nitrogens with zero attached hydrogens (tertiary/aromatic N) is 2. The van der Waals surface area contributed by atoms with Crippen LogP contribution in [0.1, 0.15) is 28.8 Å². The van der Waals surface area contributed by atoms with Crippen LogP contribution in [-0.2, 0) is 6.54 Å². The molecule has 1 heterocycles. The molecular formula is C16H14Cl2N2O. The molecule has 108 valence electrons. The maximum Gasteiger partial charge on any atom is 0.256 e. The van der Waals surface area contributed by atoms with E-state index in [1.807, 2.05) is 35.2 Å². The number of benzene rings is 1. The molecule has 1 aromatic heterocycles. The molecule has 1 fully saturated rings. The third kappa shape index (κ3) is 3.36. The van der Waals surface area contributed by atoms with Crippen LogP contribution < -0.4 is 0 Å². The average molecular weight is 321 g/mol. The molecule has 2 aromatic rings. The van der Waals surface area contributed by atoms with Gasteiger partial charge in [-0.1, -0.05) is 53.5 Å². The van der Waals surface area contributed by atoms with Crippen molar-refractivity contribution in [3.05, 3.63) is 63.9 Å². The fraction of sp³-hybridized carbons (Fsp3) is 0.250. The summed E-state index contributed by atoms with van der Waals surface area (Å²) in [6.07, 6.45) is 3.58. The number of carbonyl (C=O) groups excluding carboxylic acids is 1. The lowest BCUT2D eigenvalue weighted by molar-refractivity contribution is 0.0729. The highest BCUT2D eigenvalue weighted by Gasteiger charge is 2.33. The Kier molecular flexibility index (Phi) is 4.13. The van der Waals surface area contributed by atoms with Gasteiger partial charge in [0.25, 0.3) is 5.91 Å². The predicted octanol–water partition coefficient (Wildman–Crippen LogP) is 4.19. The third-order valence-corrected chi connectivity index (χ3v) is 4.17. The Morgan fingerprint density at radius 1 is 1.24 bits per heavy atom. The van der Waals surface area contributed by atoms with E-state index in [1.165, 1.54) is 6.20 Å². The van der Waals surface area contributed by atoms with E-state index in [4.69, 9.17) is 23.2 Å². The van der Waals surface area contributed by atoms with Crippen LogP contribution in [0.15, 0.2) is 42.6 Å². The quantitative estimate of drug-likeness (QED) is 0.791. The summed E-state index contributed by atoms with van der Waals surface area (Å²) in [7, 11) is 0. The summed E-state index contributed by atoms with van der Waals surface area (Å²) in [5, 5.41) is 0.521. The molecule has 0 bridgehead atoms. The summed E-state index contributed by atoms with van der Waals surface area (Å²) in [6.45, 7) is 0.602. The predicted molar refractivity (Wildman–Crippen MR) is 83.6 cm³/mol. The van der Waals surface area contributed by atoms with E-state index in [-0.39, 0.29) is 11.1 Å². The van der Waals surface area contributed by atoms with E-state index in [1.54, 1.807) is 6.07 Å². The van der Waals surface area contributed by atoms with Gasteiger partial charge in [0.1, 0.15) is 5.15 Å². The first-order valence-electron chi connectivity index (χ1n) is 6.81. The Morgan fingerprint density at radius 2 is 1.95 bits per heavy atom. The summed E-state index contributed by atoms with van der Waals surface area (Å²) in [4.78, 5) is 18.5. The summed E-state index contributed by atoms with van der Waals surface area (Å²) in [5.74, 6) is -0.0487. The Hall–Kier alpha value is -1.58. The average Bonchev–Trinajstić information content (AvgIpc) is 3.33. The lowest BCUT2D eigenvalue weighted by atomic mass is 10.2. The summed E-state index contributed by atoms with van der Waals surface area (Å²) in [5.41, 5.74) is 1.60. The Balaban J connectivity index is 1.83. The molecule has 1 aromatic carbocycles. The number of amides is 1. The topological polar surface area (TPSA) is 33.2 Å². The zero-order chi connectivity index (χ0) is 14.8. The normalized spacial score (nSPS) is 14.0. The molecule has 1 amide bonds. The minimum Gasteiger partial charge on any atom is -0.331 e. The third-order valence-electron chi connectivity index (χ3n) is 3.49. The number of carbonyl (C=O) groups is 1. The molecule has 1 aliphatic rings. The van der Waals surface area contributed by atoms with Crippen LogP contribution >= 0.6 is 23.2 Å². The van der Waals surface area contributed by atoms with Crippen molar-refractivity contribution in [2.75, 3.05) is 0 Å². The van der Waals surface area contributed by atoms with Gasteiger partial charge in [-0.05, 0) is 24.5 Å². The first-order valence-corrected chi connectivity index (χ1v) is 7.56. The second kappa shape index (κ2) is 6.04. The van der Waals surface area contributed by atoms with Gasteiger partial charge < -0.3 is 4.90 Å². The largest absolute Gasteiger partial charge is 0.331 e. The summed E-state index contributed by atoms with van der Waals surface area (Å²) in [6, 6.07) is 11.9. The molecular weight excluding hydrogens is 307 g/mol. The Labute approximate surface area is 133 Å². The van der Waals surface area contributed by atoms with Crippen LogP contribution in [0.5, 0.6) is 0 Å². The maximum absolute atomic E-state index is 12.7. The van der Waals surface area contributed by atoms with Crippen LogP contribution in [0, 0.1) is 0 Å². The minimum absolute atomic E-state index is 0.0487. The van der Waals surface area contributed by atoms with E-state index in [0.29, 0.717) is 23.2 Å². The van der Waals surface area contributed by atoms with E-state index in [0.717, 1.165) is 18.4 Å². The highest BCUT2D eigenvalue weighted by molar-refractivity contribution is 6.41. The monoisotopic (exact) mass is 320 g/mol. The zero-order valence-corrected chi connectivity index (χ0v) is 12.8. The number of halogens is 2. The van der Waals surface area contributed by atoms with E-state index >= 15 is 0 Å². The van der Waals surface area contributed by atoms with Crippen LogP contribution in [0.3, 0.4) is 0 Å². The molecule has 0 unspecified atom stereocenters. The van der Waals surface area contributed by atoms with Gasteiger partial charge in [-0.2, -0.15) is 0 Å². The van der Waals surface area contributed by atoms with Crippen LogP contribution in [0.4, 0.5) is 0 Å². The van der Waals surface area contributed by atoms with Crippen LogP contribution in [-0.4, -0.2) is 21.8 Å². The number of hydrogen-bond donors (Lipinski definition) is 0. The highest BCUT2D eigenvalue weighted by atomic mass is 35.5. The summed E-state index contributed by atoms with van der Waals surface area (Å²) >= 11 is 11.8. The zero-order valence-electron chi connectivity index (χ0n) is 11.3. The molecule has 0 N–H and O–H groups in total. The van der Waals surface area contributed by atoms with Crippen LogP contribution in [0.2, 0.25) is 10.2 Å². The molecule has 21 heavy (non-hydrogen) atoms. The van der Waals surface area contributed by atoms with Crippen LogP contribution in [0.25, 0.3) is 0 Å². The molecule has 1 saturated carbocycles. The molecule has 1 aliphatic carbocycles. The van der Waals surface area contributed by atoms with Gasteiger partial charge in [-0.25, -0.2) is 4.98 Å². The second-order valence-corrected chi connectivity index (χ2v) is 5.91. The lowest BCUT2D eigenvalue weighted by Gasteiger charge is -2.22. The number of aromatic nitrogens is 1. The second-order valence-electron chi connectivity index (χ2n) is 5.15. The molecule has 3 nitrogen and oxygen atoms in total. The maximum atomic E-state index is 12.7.